The molecule has 0 unspecified atom stereocenters. The summed E-state index contributed by atoms with van der Waals surface area (Å²) >= 11 is 12.1. The smallest absolute Gasteiger partial charge is 0.227 e. The maximum atomic E-state index is 6.13. The molecule has 0 saturated carbocycles. The van der Waals surface area contributed by atoms with Crippen molar-refractivity contribution in [3.8, 4) is 11.6 Å². The summed E-state index contributed by atoms with van der Waals surface area (Å²) in [6.45, 7) is 5.95. The second kappa shape index (κ2) is 6.50. The van der Waals surface area contributed by atoms with Gasteiger partial charge in [-0.15, -0.1) is 0 Å². The van der Waals surface area contributed by atoms with Crippen molar-refractivity contribution in [2.75, 3.05) is 12.4 Å². The molecule has 6 heteroatoms. The highest BCUT2D eigenvalue weighted by molar-refractivity contribution is 6.34. The van der Waals surface area contributed by atoms with Crippen molar-refractivity contribution in [2.24, 2.45) is 0 Å². The third kappa shape index (κ3) is 3.57. The van der Waals surface area contributed by atoms with Gasteiger partial charge in [0, 0.05) is 24.1 Å². The van der Waals surface area contributed by atoms with Gasteiger partial charge in [-0.3, -0.25) is 0 Å². The Morgan fingerprint density at radius 2 is 1.90 bits per heavy atom. The molecule has 0 amide bonds. The third-order valence-electron chi connectivity index (χ3n) is 2.97. The number of halogens is 2. The predicted molar refractivity (Wildman–Crippen MR) is 86.9 cm³/mol. The molecule has 0 saturated heterocycles. The fourth-order valence-corrected chi connectivity index (χ4v) is 2.09. The molecule has 1 aromatic heterocycles. The zero-order valence-corrected chi connectivity index (χ0v) is 13.9. The van der Waals surface area contributed by atoms with Gasteiger partial charge in [-0.2, -0.15) is 4.98 Å². The van der Waals surface area contributed by atoms with E-state index in [0.29, 0.717) is 27.5 Å². The van der Waals surface area contributed by atoms with Gasteiger partial charge in [0.25, 0.3) is 0 Å². The van der Waals surface area contributed by atoms with Gasteiger partial charge in [0.15, 0.2) is 0 Å². The molecule has 0 spiro atoms. The molecular weight excluding hydrogens is 309 g/mol. The number of nitrogens with one attached hydrogen (secondary N) is 1. The van der Waals surface area contributed by atoms with Crippen molar-refractivity contribution >= 4 is 29.0 Å². The Hall–Kier alpha value is -1.52. The summed E-state index contributed by atoms with van der Waals surface area (Å²) in [5, 5.41) is 4.09. The molecule has 0 atom stereocenters. The van der Waals surface area contributed by atoms with E-state index in [4.69, 9.17) is 27.9 Å². The second-order valence-corrected chi connectivity index (χ2v) is 5.79. The number of hydrogen-bond acceptors (Lipinski definition) is 4. The van der Waals surface area contributed by atoms with Crippen LogP contribution in [0.3, 0.4) is 0 Å². The lowest BCUT2D eigenvalue weighted by Crippen LogP contribution is -2.06. The van der Waals surface area contributed by atoms with Crippen LogP contribution < -0.4 is 10.1 Å². The number of ether oxygens (including phenoxy) is 1. The van der Waals surface area contributed by atoms with E-state index in [1.165, 1.54) is 0 Å². The van der Waals surface area contributed by atoms with Crippen LogP contribution in [0, 0.1) is 6.92 Å². The Labute approximate surface area is 134 Å². The van der Waals surface area contributed by atoms with Crippen LogP contribution in [0.1, 0.15) is 31.2 Å². The Bertz CT molecular complexity index is 660. The van der Waals surface area contributed by atoms with Gasteiger partial charge >= 0.3 is 0 Å². The molecule has 0 bridgehead atoms. The molecular formula is C15H17Cl2N3O. The molecule has 1 heterocycles. The maximum absolute atomic E-state index is 6.13. The first-order chi connectivity index (χ1) is 9.92. The van der Waals surface area contributed by atoms with Crippen LogP contribution in [0.15, 0.2) is 18.2 Å². The Kier molecular flexibility index (Phi) is 4.91. The van der Waals surface area contributed by atoms with Crippen molar-refractivity contribution in [2.45, 2.75) is 26.7 Å². The molecule has 1 aromatic carbocycles. The summed E-state index contributed by atoms with van der Waals surface area (Å²) in [7, 11) is 1.82. The minimum Gasteiger partial charge on any atom is -0.437 e. The fraction of sp³-hybridized carbons (Fsp3) is 0.333. The van der Waals surface area contributed by atoms with E-state index in [-0.39, 0.29) is 5.92 Å². The number of benzene rings is 1. The van der Waals surface area contributed by atoms with Crippen molar-refractivity contribution in [1.82, 2.24) is 9.97 Å². The molecule has 0 aliphatic heterocycles. The van der Waals surface area contributed by atoms with Crippen molar-refractivity contribution in [3.05, 3.63) is 39.6 Å². The highest BCUT2D eigenvalue weighted by Crippen LogP contribution is 2.34. The standard InChI is InChI=1S/C15H17Cl2N3O/c1-8(2)13-19-14(18-4)9(3)15(20-13)21-12-7-10(16)5-6-11(12)17/h5-8H,1-4H3,(H,18,19,20). The van der Waals surface area contributed by atoms with Crippen LogP contribution >= 0.6 is 23.2 Å². The minimum atomic E-state index is 0.190. The van der Waals surface area contributed by atoms with Gasteiger partial charge in [-0.25, -0.2) is 4.98 Å². The number of hydrogen-bond donors (Lipinski definition) is 1. The Balaban J connectivity index is 2.47. The van der Waals surface area contributed by atoms with E-state index in [9.17, 15) is 0 Å². The van der Waals surface area contributed by atoms with Crippen LogP contribution in [-0.2, 0) is 0 Å². The summed E-state index contributed by atoms with van der Waals surface area (Å²) in [6, 6.07) is 5.07. The number of nitrogens with zero attached hydrogens (tertiary/aromatic N) is 2. The predicted octanol–water partition coefficient (Wildman–Crippen LogP) is 5.05. The average Bonchev–Trinajstić information content (AvgIpc) is 2.44. The van der Waals surface area contributed by atoms with Gasteiger partial charge < -0.3 is 10.1 Å². The van der Waals surface area contributed by atoms with Crippen LogP contribution in [0.4, 0.5) is 5.82 Å². The lowest BCUT2D eigenvalue weighted by molar-refractivity contribution is 0.453. The lowest BCUT2D eigenvalue weighted by atomic mass is 10.2. The molecule has 1 N–H and O–H groups in total. The van der Waals surface area contributed by atoms with Gasteiger partial charge in [-0.05, 0) is 19.1 Å². The molecule has 0 fully saturated rings. The molecule has 4 nitrogen and oxygen atoms in total. The maximum Gasteiger partial charge on any atom is 0.227 e. The fourth-order valence-electron chi connectivity index (χ4n) is 1.77. The summed E-state index contributed by atoms with van der Waals surface area (Å²) in [6.07, 6.45) is 0. The molecule has 0 aliphatic rings. The molecule has 0 aliphatic carbocycles. The first-order valence-electron chi connectivity index (χ1n) is 6.61. The number of rotatable bonds is 4. The summed E-state index contributed by atoms with van der Waals surface area (Å²) < 4.78 is 5.85. The number of aromatic nitrogens is 2. The lowest BCUT2D eigenvalue weighted by Gasteiger charge is -2.15. The van der Waals surface area contributed by atoms with E-state index < -0.39 is 0 Å². The third-order valence-corrected chi connectivity index (χ3v) is 3.52. The Morgan fingerprint density at radius 3 is 2.52 bits per heavy atom. The van der Waals surface area contributed by atoms with Gasteiger partial charge in [0.2, 0.25) is 5.88 Å². The summed E-state index contributed by atoms with van der Waals surface area (Å²) in [5.74, 6) is 2.58. The van der Waals surface area contributed by atoms with Crippen molar-refractivity contribution in [1.29, 1.82) is 0 Å². The van der Waals surface area contributed by atoms with Crippen LogP contribution in [0.2, 0.25) is 10.0 Å². The van der Waals surface area contributed by atoms with E-state index in [2.05, 4.69) is 15.3 Å². The molecule has 0 radical (unpaired) electrons. The monoisotopic (exact) mass is 325 g/mol. The van der Waals surface area contributed by atoms with Crippen molar-refractivity contribution < 1.29 is 4.74 Å². The highest BCUT2D eigenvalue weighted by Gasteiger charge is 2.15. The van der Waals surface area contributed by atoms with Crippen molar-refractivity contribution in [3.63, 3.8) is 0 Å². The van der Waals surface area contributed by atoms with Crippen LogP contribution in [0.5, 0.6) is 11.6 Å². The topological polar surface area (TPSA) is 47.0 Å². The van der Waals surface area contributed by atoms with Gasteiger partial charge in [0.05, 0.1) is 10.6 Å². The first-order valence-corrected chi connectivity index (χ1v) is 7.37. The van der Waals surface area contributed by atoms with E-state index in [1.54, 1.807) is 18.2 Å². The SMILES string of the molecule is CNc1nc(C(C)C)nc(Oc2cc(Cl)ccc2Cl)c1C. The molecule has 2 rings (SSSR count). The van der Waals surface area contributed by atoms with Crippen LogP contribution in [0.25, 0.3) is 0 Å². The van der Waals surface area contributed by atoms with Gasteiger partial charge in [0.1, 0.15) is 17.4 Å². The zero-order valence-electron chi connectivity index (χ0n) is 12.4. The summed E-state index contributed by atoms with van der Waals surface area (Å²) in [4.78, 5) is 8.94. The van der Waals surface area contributed by atoms with Gasteiger partial charge in [-0.1, -0.05) is 37.0 Å². The normalized spacial score (nSPS) is 10.8. The second-order valence-electron chi connectivity index (χ2n) is 4.94. The molecule has 112 valence electrons. The first kappa shape index (κ1) is 15.9. The molecule has 21 heavy (non-hydrogen) atoms. The van der Waals surface area contributed by atoms with E-state index in [0.717, 1.165) is 11.4 Å². The highest BCUT2D eigenvalue weighted by atomic mass is 35.5. The largest absolute Gasteiger partial charge is 0.437 e. The zero-order chi connectivity index (χ0) is 15.6. The number of anilines is 1. The average molecular weight is 326 g/mol. The van der Waals surface area contributed by atoms with E-state index in [1.807, 2.05) is 27.8 Å². The quantitative estimate of drug-likeness (QED) is 0.854. The minimum absolute atomic E-state index is 0.190. The van der Waals surface area contributed by atoms with E-state index >= 15 is 0 Å². The molecule has 2 aromatic rings. The Morgan fingerprint density at radius 1 is 1.19 bits per heavy atom. The summed E-state index contributed by atoms with van der Waals surface area (Å²) in [5.41, 5.74) is 0.818. The van der Waals surface area contributed by atoms with Crippen LogP contribution in [-0.4, -0.2) is 17.0 Å².